The molecule has 14 heavy (non-hydrogen) atoms. The molecular formula is C11H24O2S. The van der Waals surface area contributed by atoms with Crippen LogP contribution >= 0.6 is 11.8 Å². The van der Waals surface area contributed by atoms with Gasteiger partial charge in [0.1, 0.15) is 0 Å². The van der Waals surface area contributed by atoms with Gasteiger partial charge in [0.2, 0.25) is 0 Å². The Kier molecular flexibility index (Phi) is 7.69. The quantitative estimate of drug-likeness (QED) is 0.613. The van der Waals surface area contributed by atoms with Crippen LogP contribution in [0.1, 0.15) is 41.0 Å². The Hall–Kier alpha value is 0.270. The van der Waals surface area contributed by atoms with Crippen LogP contribution in [0.25, 0.3) is 0 Å². The van der Waals surface area contributed by atoms with Crippen LogP contribution in [0.3, 0.4) is 0 Å². The van der Waals surface area contributed by atoms with Crippen molar-refractivity contribution in [1.29, 1.82) is 0 Å². The van der Waals surface area contributed by atoms with Gasteiger partial charge in [0, 0.05) is 24.4 Å². The van der Waals surface area contributed by atoms with Crippen LogP contribution < -0.4 is 0 Å². The maximum Gasteiger partial charge on any atom is 0.158 e. The fourth-order valence-electron chi connectivity index (χ4n) is 1.05. The van der Waals surface area contributed by atoms with Crippen molar-refractivity contribution in [2.24, 2.45) is 0 Å². The second-order valence-electron chi connectivity index (χ2n) is 4.09. The smallest absolute Gasteiger partial charge is 0.158 e. The molecule has 86 valence electrons. The maximum atomic E-state index is 5.46. The van der Waals surface area contributed by atoms with Crippen LogP contribution in [0.5, 0.6) is 0 Å². The van der Waals surface area contributed by atoms with Crippen molar-refractivity contribution in [3.63, 3.8) is 0 Å². The molecular weight excluding hydrogens is 196 g/mol. The highest BCUT2D eigenvalue weighted by atomic mass is 32.2. The molecule has 2 nitrogen and oxygen atoms in total. The van der Waals surface area contributed by atoms with Crippen molar-refractivity contribution in [2.75, 3.05) is 19.0 Å². The molecule has 0 aromatic heterocycles. The minimum Gasteiger partial charge on any atom is -0.353 e. The van der Waals surface area contributed by atoms with Gasteiger partial charge in [-0.25, -0.2) is 0 Å². The SMILES string of the molecule is CCOC(CCSC(C)(C)C)OCC. The average Bonchev–Trinajstić information content (AvgIpc) is 2.02. The molecule has 0 heterocycles. The van der Waals surface area contributed by atoms with Gasteiger partial charge in [0.05, 0.1) is 0 Å². The van der Waals surface area contributed by atoms with Crippen molar-refractivity contribution >= 4 is 11.8 Å². The van der Waals surface area contributed by atoms with Crippen molar-refractivity contribution in [3.05, 3.63) is 0 Å². The van der Waals surface area contributed by atoms with E-state index < -0.39 is 0 Å². The van der Waals surface area contributed by atoms with E-state index in [1.807, 2.05) is 25.6 Å². The number of thioether (sulfide) groups is 1. The lowest BCUT2D eigenvalue weighted by atomic mass is 10.3. The molecule has 0 aromatic rings. The highest BCUT2D eigenvalue weighted by Crippen LogP contribution is 2.24. The van der Waals surface area contributed by atoms with Gasteiger partial charge in [-0.15, -0.1) is 0 Å². The van der Waals surface area contributed by atoms with E-state index in [0.717, 1.165) is 25.4 Å². The summed E-state index contributed by atoms with van der Waals surface area (Å²) in [7, 11) is 0. The van der Waals surface area contributed by atoms with Crippen molar-refractivity contribution in [2.45, 2.75) is 52.1 Å². The van der Waals surface area contributed by atoms with Gasteiger partial charge in [0.15, 0.2) is 6.29 Å². The molecule has 0 N–H and O–H groups in total. The molecule has 0 radical (unpaired) electrons. The van der Waals surface area contributed by atoms with Crippen LogP contribution in [0.4, 0.5) is 0 Å². The van der Waals surface area contributed by atoms with Gasteiger partial charge < -0.3 is 9.47 Å². The van der Waals surface area contributed by atoms with E-state index in [-0.39, 0.29) is 6.29 Å². The first-order chi connectivity index (χ1) is 6.49. The molecule has 0 bridgehead atoms. The lowest BCUT2D eigenvalue weighted by Crippen LogP contribution is -2.19. The van der Waals surface area contributed by atoms with Gasteiger partial charge in [-0.2, -0.15) is 11.8 Å². The third kappa shape index (κ3) is 8.85. The summed E-state index contributed by atoms with van der Waals surface area (Å²) < 4.78 is 11.3. The van der Waals surface area contributed by atoms with E-state index in [9.17, 15) is 0 Å². The lowest BCUT2D eigenvalue weighted by Gasteiger charge is -2.20. The zero-order valence-electron chi connectivity index (χ0n) is 10.1. The van der Waals surface area contributed by atoms with Crippen LogP contribution in [0.15, 0.2) is 0 Å². The minimum atomic E-state index is -0.0140. The standard InChI is InChI=1S/C11H24O2S/c1-6-12-10(13-7-2)8-9-14-11(3,4)5/h10H,6-9H2,1-5H3. The summed E-state index contributed by atoms with van der Waals surface area (Å²) in [4.78, 5) is 0. The second kappa shape index (κ2) is 7.55. The molecule has 0 aliphatic carbocycles. The van der Waals surface area contributed by atoms with Gasteiger partial charge in [0.25, 0.3) is 0 Å². The summed E-state index contributed by atoms with van der Waals surface area (Å²) in [6.45, 7) is 12.2. The van der Waals surface area contributed by atoms with Gasteiger partial charge >= 0.3 is 0 Å². The normalized spacial score (nSPS) is 12.4. The molecule has 3 heteroatoms. The molecule has 0 saturated heterocycles. The Morgan fingerprint density at radius 3 is 1.93 bits per heavy atom. The van der Waals surface area contributed by atoms with Crippen LogP contribution in [0, 0.1) is 0 Å². The molecule has 0 aromatic carbocycles. The zero-order valence-corrected chi connectivity index (χ0v) is 10.9. The predicted molar refractivity (Wildman–Crippen MR) is 63.9 cm³/mol. The summed E-state index contributed by atoms with van der Waals surface area (Å²) in [6.07, 6.45) is 0.962. The topological polar surface area (TPSA) is 18.5 Å². The molecule has 0 fully saturated rings. The average molecular weight is 220 g/mol. The van der Waals surface area contributed by atoms with E-state index in [1.54, 1.807) is 0 Å². The molecule has 0 amide bonds. The van der Waals surface area contributed by atoms with Crippen LogP contribution in [0.2, 0.25) is 0 Å². The summed E-state index contributed by atoms with van der Waals surface area (Å²) in [5, 5.41) is 0. The molecule has 0 aliphatic heterocycles. The zero-order chi connectivity index (χ0) is 11.0. The van der Waals surface area contributed by atoms with Crippen molar-refractivity contribution < 1.29 is 9.47 Å². The van der Waals surface area contributed by atoms with E-state index in [0.29, 0.717) is 4.75 Å². The lowest BCUT2D eigenvalue weighted by molar-refractivity contribution is -0.136. The maximum absolute atomic E-state index is 5.46. The number of hydrogen-bond acceptors (Lipinski definition) is 3. The van der Waals surface area contributed by atoms with E-state index in [2.05, 4.69) is 20.8 Å². The Morgan fingerprint density at radius 1 is 1.07 bits per heavy atom. The molecule has 0 rings (SSSR count). The monoisotopic (exact) mass is 220 g/mol. The predicted octanol–water partition coefficient (Wildman–Crippen LogP) is 3.31. The molecule has 0 atom stereocenters. The molecule has 0 unspecified atom stereocenters. The highest BCUT2D eigenvalue weighted by molar-refractivity contribution is 8.00. The third-order valence-corrected chi connectivity index (χ3v) is 2.90. The second-order valence-corrected chi connectivity index (χ2v) is 6.01. The Labute approximate surface area is 92.7 Å². The minimum absolute atomic E-state index is 0.0140. The first-order valence-corrected chi connectivity index (χ1v) is 6.35. The number of ether oxygens (including phenoxy) is 2. The fourth-order valence-corrected chi connectivity index (χ4v) is 1.97. The molecule has 0 spiro atoms. The van der Waals surface area contributed by atoms with E-state index in [4.69, 9.17) is 9.47 Å². The van der Waals surface area contributed by atoms with E-state index in [1.165, 1.54) is 0 Å². The highest BCUT2D eigenvalue weighted by Gasteiger charge is 2.13. The number of rotatable bonds is 7. The van der Waals surface area contributed by atoms with Crippen LogP contribution in [-0.4, -0.2) is 30.0 Å². The van der Waals surface area contributed by atoms with E-state index >= 15 is 0 Å². The van der Waals surface area contributed by atoms with Crippen molar-refractivity contribution in [1.82, 2.24) is 0 Å². The third-order valence-electron chi connectivity index (χ3n) is 1.59. The fraction of sp³-hybridized carbons (Fsp3) is 1.00. The first kappa shape index (κ1) is 14.3. The summed E-state index contributed by atoms with van der Waals surface area (Å²) in [5.41, 5.74) is 0. The molecule has 0 saturated carbocycles. The van der Waals surface area contributed by atoms with Gasteiger partial charge in [-0.1, -0.05) is 20.8 Å². The molecule has 0 aliphatic rings. The number of hydrogen-bond donors (Lipinski definition) is 0. The summed E-state index contributed by atoms with van der Waals surface area (Å²) >= 11 is 1.95. The Morgan fingerprint density at radius 2 is 1.57 bits per heavy atom. The van der Waals surface area contributed by atoms with Gasteiger partial charge in [-0.3, -0.25) is 0 Å². The summed E-state index contributed by atoms with van der Waals surface area (Å²) in [6, 6.07) is 0. The first-order valence-electron chi connectivity index (χ1n) is 5.36. The summed E-state index contributed by atoms with van der Waals surface area (Å²) in [5.74, 6) is 1.09. The van der Waals surface area contributed by atoms with Crippen molar-refractivity contribution in [3.8, 4) is 0 Å². The Bertz CT molecular complexity index is 126. The van der Waals surface area contributed by atoms with Crippen LogP contribution in [-0.2, 0) is 9.47 Å². The Balaban J connectivity index is 3.60. The van der Waals surface area contributed by atoms with Gasteiger partial charge in [-0.05, 0) is 19.6 Å². The largest absolute Gasteiger partial charge is 0.353 e.